The van der Waals surface area contributed by atoms with E-state index in [-0.39, 0.29) is 0 Å². The molecule has 2 fully saturated rings. The van der Waals surface area contributed by atoms with E-state index in [2.05, 4.69) is 4.90 Å². The lowest BCUT2D eigenvalue weighted by molar-refractivity contribution is 0.0626. The van der Waals surface area contributed by atoms with Gasteiger partial charge in [0.05, 0.1) is 5.60 Å². The maximum absolute atomic E-state index is 9.78. The predicted octanol–water partition coefficient (Wildman–Crippen LogP) is 1.39. The third-order valence-electron chi connectivity index (χ3n) is 3.32. The Labute approximate surface area is 74.6 Å². The van der Waals surface area contributed by atoms with E-state index in [1.807, 2.05) is 6.92 Å². The van der Waals surface area contributed by atoms with Crippen LogP contribution in [0.1, 0.15) is 39.0 Å². The summed E-state index contributed by atoms with van der Waals surface area (Å²) in [5.74, 6) is 0. The molecule has 0 spiro atoms. The molecule has 2 rings (SSSR count). The highest BCUT2D eigenvalue weighted by molar-refractivity contribution is 4.90. The van der Waals surface area contributed by atoms with Crippen LogP contribution in [0, 0.1) is 0 Å². The van der Waals surface area contributed by atoms with Gasteiger partial charge in [0.25, 0.3) is 0 Å². The summed E-state index contributed by atoms with van der Waals surface area (Å²) in [5.41, 5.74) is -0.400. The maximum Gasteiger partial charge on any atom is 0.0758 e. The zero-order chi connectivity index (χ0) is 8.60. The molecule has 1 aliphatic heterocycles. The smallest absolute Gasteiger partial charge is 0.0758 e. The van der Waals surface area contributed by atoms with Gasteiger partial charge in [-0.25, -0.2) is 0 Å². The van der Waals surface area contributed by atoms with Crippen molar-refractivity contribution in [3.8, 4) is 0 Å². The van der Waals surface area contributed by atoms with Gasteiger partial charge < -0.3 is 5.11 Å². The van der Waals surface area contributed by atoms with Crippen LogP contribution in [-0.4, -0.2) is 34.7 Å². The molecule has 12 heavy (non-hydrogen) atoms. The average Bonchev–Trinajstić information content (AvgIpc) is 2.55. The molecule has 0 aromatic rings. The molecular formula is C10H19NO. The summed E-state index contributed by atoms with van der Waals surface area (Å²) in [4.78, 5) is 2.48. The van der Waals surface area contributed by atoms with E-state index < -0.39 is 5.60 Å². The minimum atomic E-state index is -0.400. The molecule has 0 radical (unpaired) electrons. The third-order valence-corrected chi connectivity index (χ3v) is 3.32. The largest absolute Gasteiger partial charge is 0.389 e. The van der Waals surface area contributed by atoms with Crippen molar-refractivity contribution < 1.29 is 5.11 Å². The van der Waals surface area contributed by atoms with Crippen molar-refractivity contribution in [2.75, 3.05) is 13.1 Å². The molecule has 70 valence electrons. The Bertz CT molecular complexity index is 161. The summed E-state index contributed by atoms with van der Waals surface area (Å²) >= 11 is 0. The third kappa shape index (κ3) is 1.64. The zero-order valence-electron chi connectivity index (χ0n) is 7.92. The molecule has 1 atom stereocenters. The molecule has 1 saturated carbocycles. The average molecular weight is 169 g/mol. The summed E-state index contributed by atoms with van der Waals surface area (Å²) in [6.07, 6.45) is 6.46. The second kappa shape index (κ2) is 3.00. The first-order valence-corrected chi connectivity index (χ1v) is 5.14. The van der Waals surface area contributed by atoms with Gasteiger partial charge in [0.15, 0.2) is 0 Å². The van der Waals surface area contributed by atoms with Gasteiger partial charge in [-0.15, -0.1) is 0 Å². The summed E-state index contributed by atoms with van der Waals surface area (Å²) < 4.78 is 0. The Morgan fingerprint density at radius 1 is 1.33 bits per heavy atom. The lowest BCUT2D eigenvalue weighted by Gasteiger charge is -2.24. The number of hydrogen-bond acceptors (Lipinski definition) is 2. The first-order valence-electron chi connectivity index (χ1n) is 5.14. The normalized spacial score (nSPS) is 39.5. The number of likely N-dealkylation sites (tertiary alicyclic amines) is 1. The molecule has 1 heterocycles. The highest BCUT2D eigenvalue weighted by Crippen LogP contribution is 2.29. The molecule has 1 unspecified atom stereocenters. The minimum Gasteiger partial charge on any atom is -0.389 e. The highest BCUT2D eigenvalue weighted by Gasteiger charge is 2.35. The molecule has 0 bridgehead atoms. The van der Waals surface area contributed by atoms with Crippen molar-refractivity contribution in [2.24, 2.45) is 0 Å². The van der Waals surface area contributed by atoms with Gasteiger partial charge in [0.1, 0.15) is 0 Å². The second-order valence-electron chi connectivity index (χ2n) is 4.66. The van der Waals surface area contributed by atoms with Crippen molar-refractivity contribution in [1.29, 1.82) is 0 Å². The molecular weight excluding hydrogens is 150 g/mol. The summed E-state index contributed by atoms with van der Waals surface area (Å²) in [7, 11) is 0. The van der Waals surface area contributed by atoms with Crippen LogP contribution in [-0.2, 0) is 0 Å². The first-order chi connectivity index (χ1) is 5.67. The van der Waals surface area contributed by atoms with Crippen molar-refractivity contribution in [1.82, 2.24) is 4.90 Å². The fourth-order valence-electron chi connectivity index (χ4n) is 2.56. The number of β-amino-alcohol motifs (C(OH)–C–C–N with tert-alkyl or cyclic N) is 1. The van der Waals surface area contributed by atoms with Crippen molar-refractivity contribution >= 4 is 0 Å². The van der Waals surface area contributed by atoms with Crippen LogP contribution in [0.2, 0.25) is 0 Å². The second-order valence-corrected chi connectivity index (χ2v) is 4.66. The lowest BCUT2D eigenvalue weighted by Crippen LogP contribution is -2.35. The van der Waals surface area contributed by atoms with Crippen LogP contribution in [0.3, 0.4) is 0 Å². The fraction of sp³-hybridized carbons (Fsp3) is 1.00. The molecule has 1 N–H and O–H groups in total. The van der Waals surface area contributed by atoms with Gasteiger partial charge in [-0.05, 0) is 26.2 Å². The standard InChI is InChI=1S/C10H19NO/c1-10(12)6-7-11(8-10)9-4-2-3-5-9/h9,12H,2-8H2,1H3. The molecule has 0 aromatic heterocycles. The van der Waals surface area contributed by atoms with Crippen molar-refractivity contribution in [3.63, 3.8) is 0 Å². The number of aliphatic hydroxyl groups is 1. The van der Waals surface area contributed by atoms with Gasteiger partial charge in [-0.1, -0.05) is 12.8 Å². The van der Waals surface area contributed by atoms with E-state index in [0.717, 1.165) is 25.6 Å². The van der Waals surface area contributed by atoms with Gasteiger partial charge in [-0.3, -0.25) is 4.90 Å². The highest BCUT2D eigenvalue weighted by atomic mass is 16.3. The molecule has 0 aromatic carbocycles. The van der Waals surface area contributed by atoms with Crippen molar-refractivity contribution in [2.45, 2.75) is 50.7 Å². The Kier molecular flexibility index (Phi) is 2.13. The minimum absolute atomic E-state index is 0.400. The van der Waals surface area contributed by atoms with Gasteiger partial charge in [0.2, 0.25) is 0 Å². The van der Waals surface area contributed by atoms with Gasteiger partial charge >= 0.3 is 0 Å². The van der Waals surface area contributed by atoms with Crippen molar-refractivity contribution in [3.05, 3.63) is 0 Å². The number of rotatable bonds is 1. The van der Waals surface area contributed by atoms with E-state index >= 15 is 0 Å². The molecule has 0 amide bonds. The number of nitrogens with zero attached hydrogens (tertiary/aromatic N) is 1. The molecule has 2 aliphatic rings. The van der Waals surface area contributed by atoms with E-state index in [1.165, 1.54) is 25.7 Å². The monoisotopic (exact) mass is 169 g/mol. The molecule has 2 heteroatoms. The zero-order valence-corrected chi connectivity index (χ0v) is 7.92. The molecule has 2 nitrogen and oxygen atoms in total. The van der Waals surface area contributed by atoms with E-state index in [4.69, 9.17) is 0 Å². The van der Waals surface area contributed by atoms with Gasteiger partial charge in [0, 0.05) is 19.1 Å². The Morgan fingerprint density at radius 3 is 2.50 bits per heavy atom. The molecule has 1 saturated heterocycles. The van der Waals surface area contributed by atoms with Crippen LogP contribution < -0.4 is 0 Å². The van der Waals surface area contributed by atoms with E-state index in [1.54, 1.807) is 0 Å². The predicted molar refractivity (Wildman–Crippen MR) is 49.1 cm³/mol. The number of hydrogen-bond donors (Lipinski definition) is 1. The first kappa shape index (κ1) is 8.52. The summed E-state index contributed by atoms with van der Waals surface area (Å²) in [6, 6.07) is 0.791. The van der Waals surface area contributed by atoms with Crippen LogP contribution >= 0.6 is 0 Å². The molecule has 1 aliphatic carbocycles. The summed E-state index contributed by atoms with van der Waals surface area (Å²) in [5, 5.41) is 9.78. The Morgan fingerprint density at radius 2 is 2.00 bits per heavy atom. The quantitative estimate of drug-likeness (QED) is 0.641. The fourth-order valence-corrected chi connectivity index (χ4v) is 2.56. The Hall–Kier alpha value is -0.0800. The van der Waals surface area contributed by atoms with Crippen LogP contribution in [0.25, 0.3) is 0 Å². The summed E-state index contributed by atoms with van der Waals surface area (Å²) in [6.45, 7) is 3.97. The SMILES string of the molecule is CC1(O)CCN(C2CCCC2)C1. The topological polar surface area (TPSA) is 23.5 Å². The van der Waals surface area contributed by atoms with Crippen LogP contribution in [0.15, 0.2) is 0 Å². The van der Waals surface area contributed by atoms with E-state index in [0.29, 0.717) is 0 Å². The van der Waals surface area contributed by atoms with E-state index in [9.17, 15) is 5.11 Å². The Balaban J connectivity index is 1.90. The van der Waals surface area contributed by atoms with Gasteiger partial charge in [-0.2, -0.15) is 0 Å². The van der Waals surface area contributed by atoms with Crippen LogP contribution in [0.5, 0.6) is 0 Å². The maximum atomic E-state index is 9.78. The lowest BCUT2D eigenvalue weighted by atomic mass is 10.1. The van der Waals surface area contributed by atoms with Crippen LogP contribution in [0.4, 0.5) is 0 Å².